The molecule has 14 heteroatoms. The lowest BCUT2D eigenvalue weighted by atomic mass is 10.0. The van der Waals surface area contributed by atoms with E-state index in [1.165, 1.54) is 31.0 Å². The molecule has 11 nitrogen and oxygen atoms in total. The van der Waals surface area contributed by atoms with Gasteiger partial charge in [-0.1, -0.05) is 30.3 Å². The number of pyridine rings is 1. The van der Waals surface area contributed by atoms with E-state index in [2.05, 4.69) is 32.7 Å². The van der Waals surface area contributed by atoms with E-state index in [0.29, 0.717) is 61.3 Å². The molecule has 2 aromatic carbocycles. The maximum absolute atomic E-state index is 13.4. The minimum atomic E-state index is -4.50. The second-order valence-electron chi connectivity index (χ2n) is 11.0. The minimum Gasteiger partial charge on any atom is -0.390 e. The molecular weight excluding hydrogens is 587 g/mol. The van der Waals surface area contributed by atoms with Crippen molar-refractivity contribution in [3.05, 3.63) is 71.9 Å². The normalized spacial score (nSPS) is 14.8. The Bertz CT molecular complexity index is 1450. The summed E-state index contributed by atoms with van der Waals surface area (Å²) in [6.45, 7) is 3.15. The van der Waals surface area contributed by atoms with Crippen molar-refractivity contribution in [3.63, 3.8) is 0 Å². The third-order valence-electron chi connectivity index (χ3n) is 7.51. The number of para-hydroxylation sites is 1. The number of hydrogen-bond acceptors (Lipinski definition) is 6. The molecule has 0 aliphatic heterocycles. The number of likely N-dealkylation sites (N-methyl/N-ethyl adjacent to an activating group) is 1. The first-order valence-corrected chi connectivity index (χ1v) is 14.6. The van der Waals surface area contributed by atoms with Gasteiger partial charge in [0.25, 0.3) is 0 Å². The van der Waals surface area contributed by atoms with E-state index in [4.69, 9.17) is 17.2 Å². The van der Waals surface area contributed by atoms with Crippen molar-refractivity contribution in [2.24, 2.45) is 27.2 Å². The molecule has 0 saturated heterocycles. The first kappa shape index (κ1) is 34.9. The predicted octanol–water partition coefficient (Wildman–Crippen LogP) is 2.45. The highest BCUT2D eigenvalue weighted by atomic mass is 19.4. The standard InChI is InChI=1S/C31H40F3N9O2/c1-43(15-12-38-20-35,16-13-39-21-36)14-4-6-26(37)29(44)42-28(17-22-8-10-24(11-9-22)31(32,33)34)30(45)41-25-18-23-5-2-3-7-27(23)40-19-25/h2-3,5,7-11,18-21,26,28H,4,6,12-17,37H2,1H3,(H5-,35,36,38,39,41,42,44,45)/p+1/t26-,28-/m0/s1. The maximum Gasteiger partial charge on any atom is 0.416 e. The van der Waals surface area contributed by atoms with Crippen molar-refractivity contribution in [2.75, 3.05) is 45.1 Å². The summed E-state index contributed by atoms with van der Waals surface area (Å²) >= 11 is 0. The number of halogens is 3. The Morgan fingerprint density at radius 2 is 1.62 bits per heavy atom. The molecule has 45 heavy (non-hydrogen) atoms. The van der Waals surface area contributed by atoms with Crippen LogP contribution < -0.4 is 27.8 Å². The molecule has 2 atom stereocenters. The van der Waals surface area contributed by atoms with E-state index in [1.54, 1.807) is 6.07 Å². The largest absolute Gasteiger partial charge is 0.416 e. The lowest BCUT2D eigenvalue weighted by Crippen LogP contribution is -2.52. The fourth-order valence-corrected chi connectivity index (χ4v) is 4.83. The Hall–Kier alpha value is -4.56. The molecule has 0 spiro atoms. The van der Waals surface area contributed by atoms with Crippen molar-refractivity contribution in [1.82, 2.24) is 10.3 Å². The van der Waals surface area contributed by atoms with Crippen LogP contribution in [0.25, 0.3) is 10.9 Å². The minimum absolute atomic E-state index is 0.0538. The number of nitrogens with two attached hydrogens (primary N) is 3. The summed E-state index contributed by atoms with van der Waals surface area (Å²) < 4.78 is 39.9. The summed E-state index contributed by atoms with van der Waals surface area (Å²) in [4.78, 5) is 39.1. The van der Waals surface area contributed by atoms with Gasteiger partial charge in [-0.2, -0.15) is 13.2 Å². The summed E-state index contributed by atoms with van der Waals surface area (Å²) in [5.74, 6) is -1.11. The van der Waals surface area contributed by atoms with E-state index >= 15 is 0 Å². The monoisotopic (exact) mass is 628 g/mol. The number of amides is 2. The van der Waals surface area contributed by atoms with Crippen LogP contribution in [0.4, 0.5) is 18.9 Å². The fourth-order valence-electron chi connectivity index (χ4n) is 4.83. The van der Waals surface area contributed by atoms with Gasteiger partial charge in [-0.05, 0) is 42.7 Å². The molecule has 0 fully saturated rings. The molecule has 242 valence electrons. The Morgan fingerprint density at radius 1 is 0.978 bits per heavy atom. The van der Waals surface area contributed by atoms with Crippen molar-refractivity contribution in [1.29, 1.82) is 0 Å². The molecule has 3 aromatic rings. The summed E-state index contributed by atoms with van der Waals surface area (Å²) in [6.07, 6.45) is 0.402. The van der Waals surface area contributed by atoms with Crippen LogP contribution in [0.5, 0.6) is 0 Å². The number of anilines is 1. The van der Waals surface area contributed by atoms with Gasteiger partial charge in [0, 0.05) is 11.8 Å². The molecule has 0 radical (unpaired) electrons. The zero-order valence-electron chi connectivity index (χ0n) is 25.2. The quantitative estimate of drug-likeness (QED) is 0.0926. The number of alkyl halides is 3. The highest BCUT2D eigenvalue weighted by Crippen LogP contribution is 2.29. The Labute approximate surface area is 260 Å². The second kappa shape index (κ2) is 16.5. The lowest BCUT2D eigenvalue weighted by Gasteiger charge is -2.34. The van der Waals surface area contributed by atoms with E-state index in [1.807, 2.05) is 24.3 Å². The molecule has 0 saturated carbocycles. The van der Waals surface area contributed by atoms with Gasteiger partial charge >= 0.3 is 6.18 Å². The fraction of sp³-hybridized carbons (Fsp3) is 0.387. The molecule has 0 aliphatic carbocycles. The third kappa shape index (κ3) is 11.1. The molecule has 1 heterocycles. The number of carbonyl (C=O) groups excluding carboxylic acids is 2. The Morgan fingerprint density at radius 3 is 2.24 bits per heavy atom. The molecule has 0 unspecified atom stereocenters. The number of nitrogens with one attached hydrogen (secondary N) is 2. The molecule has 0 aliphatic rings. The number of hydrogen-bond donors (Lipinski definition) is 5. The average molecular weight is 629 g/mol. The van der Waals surface area contributed by atoms with Crippen molar-refractivity contribution in [2.45, 2.75) is 37.5 Å². The molecular formula is C31H41F3N9O2+. The van der Waals surface area contributed by atoms with E-state index < -0.39 is 35.6 Å². The Kier molecular flexibility index (Phi) is 12.8. The van der Waals surface area contributed by atoms with Gasteiger partial charge in [-0.3, -0.25) is 24.6 Å². The van der Waals surface area contributed by atoms with E-state index in [-0.39, 0.29) is 6.42 Å². The van der Waals surface area contributed by atoms with Crippen LogP contribution in [0.2, 0.25) is 0 Å². The van der Waals surface area contributed by atoms with Gasteiger partial charge in [0.1, 0.15) is 6.04 Å². The van der Waals surface area contributed by atoms with Crippen LogP contribution in [0.15, 0.2) is 70.8 Å². The van der Waals surface area contributed by atoms with Gasteiger partial charge in [-0.15, -0.1) is 0 Å². The van der Waals surface area contributed by atoms with Crippen LogP contribution in [-0.2, 0) is 22.2 Å². The topological polar surface area (TPSA) is 174 Å². The summed E-state index contributed by atoms with van der Waals surface area (Å²) in [7, 11) is 2.05. The van der Waals surface area contributed by atoms with Crippen LogP contribution in [0.1, 0.15) is 24.0 Å². The van der Waals surface area contributed by atoms with Crippen molar-refractivity contribution < 1.29 is 27.2 Å². The van der Waals surface area contributed by atoms with Gasteiger partial charge in [-0.25, -0.2) is 0 Å². The first-order valence-electron chi connectivity index (χ1n) is 14.6. The summed E-state index contributed by atoms with van der Waals surface area (Å²) in [5.41, 5.74) is 17.8. The number of quaternary nitrogens is 1. The highest BCUT2D eigenvalue weighted by molar-refractivity contribution is 5.99. The summed E-state index contributed by atoms with van der Waals surface area (Å²) in [5, 5.41) is 6.28. The summed E-state index contributed by atoms with van der Waals surface area (Å²) in [6, 6.07) is 11.5. The third-order valence-corrected chi connectivity index (χ3v) is 7.51. The van der Waals surface area contributed by atoms with E-state index in [0.717, 1.165) is 23.0 Å². The van der Waals surface area contributed by atoms with Gasteiger partial charge in [0.2, 0.25) is 11.8 Å². The van der Waals surface area contributed by atoms with Crippen molar-refractivity contribution >= 4 is 41.1 Å². The van der Waals surface area contributed by atoms with Crippen LogP contribution in [0, 0.1) is 0 Å². The predicted molar refractivity (Wildman–Crippen MR) is 171 cm³/mol. The zero-order chi connectivity index (χ0) is 32.9. The molecule has 0 bridgehead atoms. The number of fused-ring (bicyclic) bond motifs is 1. The van der Waals surface area contributed by atoms with Crippen LogP contribution >= 0.6 is 0 Å². The van der Waals surface area contributed by atoms with Crippen LogP contribution in [-0.4, -0.2) is 85.8 Å². The number of rotatable bonds is 16. The number of nitrogens with zero attached hydrogens (tertiary/aromatic N) is 4. The number of benzene rings is 2. The van der Waals surface area contributed by atoms with Gasteiger partial charge < -0.3 is 32.3 Å². The first-order chi connectivity index (χ1) is 21.4. The average Bonchev–Trinajstić information content (AvgIpc) is 3.00. The number of aliphatic imine (C=N–C) groups is 2. The van der Waals surface area contributed by atoms with Crippen molar-refractivity contribution in [3.8, 4) is 0 Å². The highest BCUT2D eigenvalue weighted by Gasteiger charge is 2.31. The second-order valence-corrected chi connectivity index (χ2v) is 11.0. The Balaban J connectivity index is 1.70. The molecule has 1 aromatic heterocycles. The number of aromatic nitrogens is 1. The van der Waals surface area contributed by atoms with Gasteiger partial charge in [0.15, 0.2) is 0 Å². The lowest BCUT2D eigenvalue weighted by molar-refractivity contribution is -0.907. The van der Waals surface area contributed by atoms with Gasteiger partial charge in [0.05, 0.1) is 81.5 Å². The zero-order valence-corrected chi connectivity index (χ0v) is 25.2. The number of carbonyl (C=O) groups is 2. The maximum atomic E-state index is 13.4. The molecule has 2 amide bonds. The molecule has 8 N–H and O–H groups in total. The van der Waals surface area contributed by atoms with Crippen LogP contribution in [0.3, 0.4) is 0 Å². The molecule has 3 rings (SSSR count). The smallest absolute Gasteiger partial charge is 0.390 e. The SMILES string of the molecule is C[N+](CCC[C@H](N)C(=O)N[C@@H](Cc1ccc(C(F)(F)F)cc1)C(=O)Nc1cnc2ccccc2c1)(CCN=CN)CCN=CN. The van der Waals surface area contributed by atoms with E-state index in [9.17, 15) is 22.8 Å².